The maximum Gasteiger partial charge on any atom is 0.220 e. The first-order valence-corrected chi connectivity index (χ1v) is 10.3. The average molecular weight is 364 g/mol. The molecule has 0 fully saturated rings. The molecule has 4 heteroatoms. The van der Waals surface area contributed by atoms with Crippen LogP contribution in [0.25, 0.3) is 0 Å². The van der Waals surface area contributed by atoms with Gasteiger partial charge in [-0.05, 0) is 24.1 Å². The maximum absolute atomic E-state index is 11.9. The monoisotopic (exact) mass is 363 g/mol. The molecule has 0 saturated heterocycles. The Morgan fingerprint density at radius 3 is 2.12 bits per heavy atom. The second kappa shape index (κ2) is 14.5. The number of methoxy groups -OCH3 is 1. The van der Waals surface area contributed by atoms with Crippen LogP contribution >= 0.6 is 0 Å². The molecule has 0 spiro atoms. The molecule has 0 bridgehead atoms. The Morgan fingerprint density at radius 2 is 1.54 bits per heavy atom. The number of hydrogen-bond acceptors (Lipinski definition) is 3. The Kier molecular flexibility index (Phi) is 12.4. The summed E-state index contributed by atoms with van der Waals surface area (Å²) in [6.45, 7) is 2.72. The number of carbonyl (C=O) groups excluding carboxylic acids is 1. The fourth-order valence-electron chi connectivity index (χ4n) is 3.07. The summed E-state index contributed by atoms with van der Waals surface area (Å²) in [5.74, 6) is 0.638. The molecular weight excluding hydrogens is 326 g/mol. The van der Waals surface area contributed by atoms with Gasteiger partial charge < -0.3 is 15.2 Å². The zero-order valence-electron chi connectivity index (χ0n) is 16.7. The van der Waals surface area contributed by atoms with Crippen LogP contribution in [0, 0.1) is 0 Å². The Labute approximate surface area is 159 Å². The van der Waals surface area contributed by atoms with Crippen LogP contribution in [0.2, 0.25) is 0 Å². The predicted molar refractivity (Wildman–Crippen MR) is 108 cm³/mol. The summed E-state index contributed by atoms with van der Waals surface area (Å²) in [6, 6.07) is 5.13. The molecule has 148 valence electrons. The first kappa shape index (κ1) is 22.3. The number of benzene rings is 1. The van der Waals surface area contributed by atoms with Crippen molar-refractivity contribution in [2.75, 3.05) is 7.11 Å². The van der Waals surface area contributed by atoms with Gasteiger partial charge in [-0.15, -0.1) is 0 Å². The van der Waals surface area contributed by atoms with Gasteiger partial charge in [-0.2, -0.15) is 0 Å². The smallest absolute Gasteiger partial charge is 0.220 e. The van der Waals surface area contributed by atoms with Gasteiger partial charge in [-0.1, -0.05) is 77.2 Å². The summed E-state index contributed by atoms with van der Waals surface area (Å²) in [5.41, 5.74) is 0.923. The summed E-state index contributed by atoms with van der Waals surface area (Å²) in [6.07, 6.45) is 14.8. The number of phenolic OH excluding ortho intramolecular Hbond substituents is 1. The lowest BCUT2D eigenvalue weighted by Crippen LogP contribution is -2.22. The van der Waals surface area contributed by atoms with Crippen LogP contribution in [0.3, 0.4) is 0 Å². The van der Waals surface area contributed by atoms with Crippen LogP contribution in [0.1, 0.15) is 89.5 Å². The zero-order chi connectivity index (χ0) is 19.0. The van der Waals surface area contributed by atoms with Gasteiger partial charge in [0.05, 0.1) is 7.11 Å². The maximum atomic E-state index is 11.9. The van der Waals surface area contributed by atoms with Gasteiger partial charge in [0.15, 0.2) is 11.5 Å². The molecule has 1 rings (SSSR count). The van der Waals surface area contributed by atoms with E-state index in [4.69, 9.17) is 4.74 Å². The topological polar surface area (TPSA) is 58.6 Å². The van der Waals surface area contributed by atoms with Crippen molar-refractivity contribution in [2.45, 2.75) is 90.5 Å². The largest absolute Gasteiger partial charge is 0.504 e. The summed E-state index contributed by atoms with van der Waals surface area (Å²) in [4.78, 5) is 11.9. The molecule has 0 radical (unpaired) electrons. The van der Waals surface area contributed by atoms with E-state index in [1.165, 1.54) is 64.9 Å². The molecule has 0 atom stereocenters. The van der Waals surface area contributed by atoms with E-state index in [0.29, 0.717) is 18.7 Å². The highest BCUT2D eigenvalue weighted by Crippen LogP contribution is 2.26. The number of phenols is 1. The van der Waals surface area contributed by atoms with Crippen LogP contribution < -0.4 is 10.1 Å². The quantitative estimate of drug-likeness (QED) is 0.392. The summed E-state index contributed by atoms with van der Waals surface area (Å²) in [7, 11) is 1.52. The fraction of sp³-hybridized carbons (Fsp3) is 0.682. The number of carbonyl (C=O) groups is 1. The predicted octanol–water partition coefficient (Wildman–Crippen LogP) is 5.72. The minimum absolute atomic E-state index is 0.0907. The van der Waals surface area contributed by atoms with Crippen molar-refractivity contribution < 1.29 is 14.6 Å². The van der Waals surface area contributed by atoms with E-state index in [9.17, 15) is 9.90 Å². The summed E-state index contributed by atoms with van der Waals surface area (Å²) >= 11 is 0. The lowest BCUT2D eigenvalue weighted by molar-refractivity contribution is -0.121. The minimum atomic E-state index is 0.0907. The highest BCUT2D eigenvalue weighted by Gasteiger charge is 2.05. The van der Waals surface area contributed by atoms with Crippen molar-refractivity contribution in [1.82, 2.24) is 5.32 Å². The van der Waals surface area contributed by atoms with Gasteiger partial charge in [-0.25, -0.2) is 0 Å². The molecular formula is C22H37NO3. The molecule has 1 aromatic carbocycles. The van der Waals surface area contributed by atoms with E-state index in [1.54, 1.807) is 18.2 Å². The SMILES string of the molecule is CCCCCCCCCCCCCC(=O)NCc1ccc(O)c(OC)c1. The van der Waals surface area contributed by atoms with Crippen molar-refractivity contribution >= 4 is 5.91 Å². The number of unbranched alkanes of at least 4 members (excludes halogenated alkanes) is 10. The number of nitrogens with one attached hydrogen (secondary N) is 1. The molecule has 0 aromatic heterocycles. The fourth-order valence-corrected chi connectivity index (χ4v) is 3.07. The molecule has 0 aliphatic carbocycles. The summed E-state index contributed by atoms with van der Waals surface area (Å²) < 4.78 is 5.07. The average Bonchev–Trinajstić information content (AvgIpc) is 2.65. The number of rotatable bonds is 15. The molecule has 0 heterocycles. The first-order valence-electron chi connectivity index (χ1n) is 10.3. The molecule has 0 aliphatic heterocycles. The zero-order valence-corrected chi connectivity index (χ0v) is 16.7. The number of ether oxygens (including phenoxy) is 1. The van der Waals surface area contributed by atoms with Gasteiger partial charge in [0.2, 0.25) is 5.91 Å². The third-order valence-corrected chi connectivity index (χ3v) is 4.74. The van der Waals surface area contributed by atoms with Crippen LogP contribution in [0.15, 0.2) is 18.2 Å². The highest BCUT2D eigenvalue weighted by molar-refractivity contribution is 5.75. The third kappa shape index (κ3) is 10.3. The van der Waals surface area contributed by atoms with E-state index < -0.39 is 0 Å². The summed E-state index contributed by atoms with van der Waals surface area (Å²) in [5, 5.41) is 12.5. The van der Waals surface area contributed by atoms with E-state index in [-0.39, 0.29) is 11.7 Å². The number of amides is 1. The Morgan fingerprint density at radius 1 is 0.962 bits per heavy atom. The van der Waals surface area contributed by atoms with Crippen molar-refractivity contribution in [3.8, 4) is 11.5 Å². The molecule has 4 nitrogen and oxygen atoms in total. The molecule has 0 saturated carbocycles. The van der Waals surface area contributed by atoms with Crippen molar-refractivity contribution in [3.05, 3.63) is 23.8 Å². The normalized spacial score (nSPS) is 10.7. The molecule has 1 aromatic rings. The molecule has 26 heavy (non-hydrogen) atoms. The molecule has 0 unspecified atom stereocenters. The van der Waals surface area contributed by atoms with Gasteiger partial charge in [0, 0.05) is 13.0 Å². The highest BCUT2D eigenvalue weighted by atomic mass is 16.5. The van der Waals surface area contributed by atoms with Crippen molar-refractivity contribution in [3.63, 3.8) is 0 Å². The number of hydrogen-bond donors (Lipinski definition) is 2. The molecule has 2 N–H and O–H groups in total. The van der Waals surface area contributed by atoms with Gasteiger partial charge in [0.1, 0.15) is 0 Å². The van der Waals surface area contributed by atoms with Gasteiger partial charge >= 0.3 is 0 Å². The molecule has 0 aliphatic rings. The minimum Gasteiger partial charge on any atom is -0.504 e. The lowest BCUT2D eigenvalue weighted by atomic mass is 10.1. The van der Waals surface area contributed by atoms with Gasteiger partial charge in [0.25, 0.3) is 0 Å². The van der Waals surface area contributed by atoms with Crippen molar-refractivity contribution in [1.29, 1.82) is 0 Å². The van der Waals surface area contributed by atoms with E-state index in [1.807, 2.05) is 0 Å². The number of aromatic hydroxyl groups is 1. The van der Waals surface area contributed by atoms with E-state index in [0.717, 1.165) is 18.4 Å². The second-order valence-electron chi connectivity index (χ2n) is 7.07. The van der Waals surface area contributed by atoms with E-state index in [2.05, 4.69) is 12.2 Å². The standard InChI is InChI=1S/C22H37NO3/c1-3-4-5-6-7-8-9-10-11-12-13-14-22(25)23-18-19-15-16-20(24)21(17-19)26-2/h15-17,24H,3-14,18H2,1-2H3,(H,23,25). The van der Waals surface area contributed by atoms with Crippen molar-refractivity contribution in [2.24, 2.45) is 0 Å². The van der Waals surface area contributed by atoms with E-state index >= 15 is 0 Å². The lowest BCUT2D eigenvalue weighted by Gasteiger charge is -2.08. The second-order valence-corrected chi connectivity index (χ2v) is 7.07. The first-order chi connectivity index (χ1) is 12.7. The van der Waals surface area contributed by atoms with Crippen LogP contribution in [-0.4, -0.2) is 18.1 Å². The Bertz CT molecular complexity index is 502. The Hall–Kier alpha value is -1.71. The van der Waals surface area contributed by atoms with Gasteiger partial charge in [-0.3, -0.25) is 4.79 Å². The molecule has 1 amide bonds. The van der Waals surface area contributed by atoms with Crippen LogP contribution in [-0.2, 0) is 11.3 Å². The Balaban J connectivity index is 1.99. The van der Waals surface area contributed by atoms with Crippen LogP contribution in [0.4, 0.5) is 0 Å². The third-order valence-electron chi connectivity index (χ3n) is 4.74. The van der Waals surface area contributed by atoms with Crippen LogP contribution in [0.5, 0.6) is 11.5 Å².